The summed E-state index contributed by atoms with van der Waals surface area (Å²) in [7, 11) is 1.93. The fourth-order valence-electron chi connectivity index (χ4n) is 0.577. The molecule has 0 aliphatic carbocycles. The lowest BCUT2D eigenvalue weighted by Gasteiger charge is -1.95. The highest BCUT2D eigenvalue weighted by Gasteiger charge is 1.85. The Morgan fingerprint density at radius 2 is 1.42 bits per heavy atom. The van der Waals surface area contributed by atoms with Crippen molar-refractivity contribution in [3.8, 4) is 0 Å². The van der Waals surface area contributed by atoms with Gasteiger partial charge in [0.2, 0.25) is 0 Å². The molecule has 0 aromatic carbocycles. The predicted molar refractivity (Wildman–Crippen MR) is 60.7 cm³/mol. The molecule has 0 radical (unpaired) electrons. The molecule has 78 valence electrons. The van der Waals surface area contributed by atoms with Crippen molar-refractivity contribution < 1.29 is 0 Å². The van der Waals surface area contributed by atoms with Gasteiger partial charge in [-0.05, 0) is 19.5 Å². The molecule has 0 amide bonds. The van der Waals surface area contributed by atoms with Gasteiger partial charge >= 0.3 is 0 Å². The third-order valence-corrected chi connectivity index (χ3v) is 1.22. The minimum Gasteiger partial charge on any atom is -0.320 e. The first-order chi connectivity index (χ1) is 5.68. The van der Waals surface area contributed by atoms with E-state index in [1.807, 2.05) is 20.9 Å². The second kappa shape index (κ2) is 22.4. The summed E-state index contributed by atoms with van der Waals surface area (Å²) in [4.78, 5) is 0. The van der Waals surface area contributed by atoms with E-state index >= 15 is 0 Å². The van der Waals surface area contributed by atoms with Crippen LogP contribution in [0, 0.1) is 5.92 Å². The third kappa shape index (κ3) is 51.0. The lowest BCUT2D eigenvalue weighted by Crippen LogP contribution is -2.01. The number of hydrogen-bond acceptors (Lipinski definition) is 1. The van der Waals surface area contributed by atoms with Crippen molar-refractivity contribution in [3.63, 3.8) is 0 Å². The zero-order chi connectivity index (χ0) is 10.4. The van der Waals surface area contributed by atoms with Crippen LogP contribution in [0.1, 0.15) is 54.4 Å². The lowest BCUT2D eigenvalue weighted by molar-refractivity contribution is 0.576. The van der Waals surface area contributed by atoms with Gasteiger partial charge in [0.25, 0.3) is 0 Å². The van der Waals surface area contributed by atoms with Crippen LogP contribution in [0.15, 0.2) is 0 Å². The quantitative estimate of drug-likeness (QED) is 0.690. The number of hydrogen-bond donors (Lipinski definition) is 1. The average Bonchev–Trinajstić information content (AvgIpc) is 2.08. The first kappa shape index (κ1) is 17.9. The topological polar surface area (TPSA) is 12.0 Å². The maximum Gasteiger partial charge on any atom is -0.00804 e. The summed E-state index contributed by atoms with van der Waals surface area (Å²) in [6.07, 6.45) is 2.71. The van der Waals surface area contributed by atoms with E-state index in [9.17, 15) is 0 Å². The molecular formula is C11H29N. The van der Waals surface area contributed by atoms with E-state index in [1.54, 1.807) is 0 Å². The van der Waals surface area contributed by atoms with Gasteiger partial charge in [-0.25, -0.2) is 0 Å². The molecule has 0 aromatic rings. The fraction of sp³-hybridized carbons (Fsp3) is 1.00. The number of rotatable bonds is 3. The summed E-state index contributed by atoms with van der Waals surface area (Å²) in [5.41, 5.74) is 0. The summed E-state index contributed by atoms with van der Waals surface area (Å²) < 4.78 is 0. The van der Waals surface area contributed by atoms with Gasteiger partial charge in [0, 0.05) is 0 Å². The highest BCUT2D eigenvalue weighted by atomic mass is 14.8. The van der Waals surface area contributed by atoms with Crippen LogP contribution < -0.4 is 5.32 Å². The molecule has 0 saturated heterocycles. The monoisotopic (exact) mass is 175 g/mol. The van der Waals surface area contributed by atoms with Crippen LogP contribution in [0.4, 0.5) is 0 Å². The van der Waals surface area contributed by atoms with Crippen LogP contribution in [0.2, 0.25) is 0 Å². The maximum absolute atomic E-state index is 2.93. The Hall–Kier alpha value is -0.0400. The van der Waals surface area contributed by atoms with E-state index in [1.165, 1.54) is 12.8 Å². The molecule has 1 nitrogen and oxygen atoms in total. The van der Waals surface area contributed by atoms with E-state index < -0.39 is 0 Å². The van der Waals surface area contributed by atoms with Crippen LogP contribution in [-0.2, 0) is 0 Å². The van der Waals surface area contributed by atoms with Crippen molar-refractivity contribution in [1.29, 1.82) is 0 Å². The molecule has 0 saturated carbocycles. The van der Waals surface area contributed by atoms with Crippen molar-refractivity contribution in [3.05, 3.63) is 0 Å². The highest BCUT2D eigenvalue weighted by molar-refractivity contribution is 4.38. The van der Waals surface area contributed by atoms with Gasteiger partial charge in [-0.2, -0.15) is 0 Å². The van der Waals surface area contributed by atoms with Crippen molar-refractivity contribution in [1.82, 2.24) is 5.32 Å². The lowest BCUT2D eigenvalue weighted by atomic mass is 10.1. The minimum atomic E-state index is 0.898. The molecule has 0 aliphatic rings. The third-order valence-electron chi connectivity index (χ3n) is 1.22. The second-order valence-corrected chi connectivity index (χ2v) is 2.89. The Morgan fingerprint density at radius 3 is 1.42 bits per heavy atom. The molecule has 0 fully saturated rings. The van der Waals surface area contributed by atoms with Crippen molar-refractivity contribution in [2.75, 3.05) is 13.6 Å². The molecule has 0 aromatic heterocycles. The Kier molecular flexibility index (Phi) is 33.5. The van der Waals surface area contributed by atoms with E-state index in [4.69, 9.17) is 0 Å². The van der Waals surface area contributed by atoms with Crippen LogP contribution >= 0.6 is 0 Å². The van der Waals surface area contributed by atoms with E-state index in [0.29, 0.717) is 0 Å². The van der Waals surface area contributed by atoms with Crippen LogP contribution in [-0.4, -0.2) is 13.6 Å². The minimum absolute atomic E-state index is 0.898. The molecule has 12 heavy (non-hydrogen) atoms. The maximum atomic E-state index is 2.93. The molecular weight excluding hydrogens is 146 g/mol. The standard InChI is InChI=1S/C6H14.C3H9N.C2H6/c1-4-5-6(2)3;1-3-4-2;1-2/h6H,4-5H2,1-3H3;4H,3H2,1-2H3;1-2H3. The smallest absolute Gasteiger partial charge is 0.00804 e. The van der Waals surface area contributed by atoms with Gasteiger partial charge in [0.1, 0.15) is 0 Å². The fourth-order valence-corrected chi connectivity index (χ4v) is 0.577. The Labute approximate surface area is 80.0 Å². The average molecular weight is 175 g/mol. The zero-order valence-corrected chi connectivity index (χ0v) is 10.2. The van der Waals surface area contributed by atoms with Gasteiger partial charge < -0.3 is 5.32 Å². The Bertz CT molecular complexity index is 40.3. The molecule has 0 aliphatic heterocycles. The molecule has 1 heteroatoms. The van der Waals surface area contributed by atoms with Crippen molar-refractivity contribution in [2.45, 2.75) is 54.4 Å². The Balaban J connectivity index is -0.000000118. The molecule has 0 heterocycles. The van der Waals surface area contributed by atoms with Gasteiger partial charge in [0.15, 0.2) is 0 Å². The molecule has 0 unspecified atom stereocenters. The Morgan fingerprint density at radius 1 is 1.08 bits per heavy atom. The van der Waals surface area contributed by atoms with Crippen LogP contribution in [0.5, 0.6) is 0 Å². The van der Waals surface area contributed by atoms with Gasteiger partial charge in [-0.3, -0.25) is 0 Å². The predicted octanol–water partition coefficient (Wildman–Crippen LogP) is 3.69. The molecule has 1 N–H and O–H groups in total. The molecule has 0 rings (SSSR count). The van der Waals surface area contributed by atoms with E-state index in [2.05, 4.69) is 33.0 Å². The van der Waals surface area contributed by atoms with Crippen LogP contribution in [0.25, 0.3) is 0 Å². The van der Waals surface area contributed by atoms with Gasteiger partial charge in [-0.1, -0.05) is 54.4 Å². The van der Waals surface area contributed by atoms with Crippen molar-refractivity contribution >= 4 is 0 Å². The van der Waals surface area contributed by atoms with Crippen molar-refractivity contribution in [2.24, 2.45) is 5.92 Å². The van der Waals surface area contributed by atoms with Gasteiger partial charge in [0.05, 0.1) is 0 Å². The first-order valence-corrected chi connectivity index (χ1v) is 5.33. The first-order valence-electron chi connectivity index (χ1n) is 5.33. The molecule has 0 spiro atoms. The molecule has 0 bridgehead atoms. The summed E-state index contributed by atoms with van der Waals surface area (Å²) in [6, 6.07) is 0. The van der Waals surface area contributed by atoms with E-state index in [0.717, 1.165) is 12.5 Å². The summed E-state index contributed by atoms with van der Waals surface area (Å²) in [5, 5.41) is 2.93. The van der Waals surface area contributed by atoms with E-state index in [-0.39, 0.29) is 0 Å². The summed E-state index contributed by atoms with van der Waals surface area (Å²) in [5.74, 6) is 0.898. The molecule has 0 atom stereocenters. The van der Waals surface area contributed by atoms with Crippen LogP contribution in [0.3, 0.4) is 0 Å². The summed E-state index contributed by atoms with van der Waals surface area (Å²) in [6.45, 7) is 13.9. The largest absolute Gasteiger partial charge is 0.320 e. The number of nitrogens with one attached hydrogen (secondary N) is 1. The van der Waals surface area contributed by atoms with Gasteiger partial charge in [-0.15, -0.1) is 0 Å². The zero-order valence-electron chi connectivity index (χ0n) is 10.2. The normalized spacial score (nSPS) is 8.00. The highest BCUT2D eigenvalue weighted by Crippen LogP contribution is 2.00. The second-order valence-electron chi connectivity index (χ2n) is 2.89. The summed E-state index contributed by atoms with van der Waals surface area (Å²) >= 11 is 0. The SMILES string of the molecule is CC.CCCC(C)C.CCNC.